The smallest absolute Gasteiger partial charge is 0.262 e. The molecule has 0 radical (unpaired) electrons. The van der Waals surface area contributed by atoms with E-state index >= 15 is 0 Å². The van der Waals surface area contributed by atoms with Crippen LogP contribution in [0.15, 0.2) is 23.0 Å². The van der Waals surface area contributed by atoms with Gasteiger partial charge in [-0.1, -0.05) is 11.6 Å². The molecule has 0 aliphatic carbocycles. The Morgan fingerprint density at radius 1 is 1.35 bits per heavy atom. The fourth-order valence-electron chi connectivity index (χ4n) is 3.32. The topological polar surface area (TPSA) is 75.7 Å². The zero-order valence-electron chi connectivity index (χ0n) is 13.2. The van der Waals surface area contributed by atoms with Gasteiger partial charge in [-0.15, -0.1) is 10.2 Å². The summed E-state index contributed by atoms with van der Waals surface area (Å²) in [7, 11) is 1.72. The van der Waals surface area contributed by atoms with Gasteiger partial charge in [-0.25, -0.2) is 0 Å². The summed E-state index contributed by atoms with van der Waals surface area (Å²) in [5.41, 5.74) is 1.81. The van der Waals surface area contributed by atoms with Crippen LogP contribution in [0.1, 0.15) is 17.8 Å². The van der Waals surface area contributed by atoms with Gasteiger partial charge in [0.25, 0.3) is 5.56 Å². The van der Waals surface area contributed by atoms with E-state index in [2.05, 4.69) is 15.1 Å². The number of aliphatic hydroxyl groups excluding tert-OH is 1. The van der Waals surface area contributed by atoms with Crippen molar-refractivity contribution in [3.63, 3.8) is 0 Å². The van der Waals surface area contributed by atoms with Gasteiger partial charge in [0.05, 0.1) is 23.6 Å². The van der Waals surface area contributed by atoms with Crippen LogP contribution in [0.25, 0.3) is 16.7 Å². The lowest BCUT2D eigenvalue weighted by Crippen LogP contribution is -2.24. The molecule has 1 aliphatic heterocycles. The maximum atomic E-state index is 12.5. The fourth-order valence-corrected chi connectivity index (χ4v) is 3.32. The summed E-state index contributed by atoms with van der Waals surface area (Å²) in [6.07, 6.45) is 0.521. The predicted octanol–water partition coefficient (Wildman–Crippen LogP) is 0.456. The molecule has 4 rings (SSSR count). The lowest BCUT2D eigenvalue weighted by Gasteiger charge is -2.14. The van der Waals surface area contributed by atoms with Crippen LogP contribution in [0.5, 0.6) is 0 Å². The zero-order valence-corrected chi connectivity index (χ0v) is 13.2. The van der Waals surface area contributed by atoms with E-state index in [1.165, 1.54) is 4.57 Å². The van der Waals surface area contributed by atoms with Crippen LogP contribution in [-0.4, -0.2) is 48.4 Å². The van der Waals surface area contributed by atoms with E-state index < -0.39 is 0 Å². The maximum Gasteiger partial charge on any atom is 0.262 e. The molecule has 0 amide bonds. The minimum absolute atomic E-state index is 0.0632. The first-order valence-corrected chi connectivity index (χ1v) is 7.78. The molecule has 0 saturated carbocycles. The Hall–Kier alpha value is -2.25. The number of aromatic nitrogens is 4. The van der Waals surface area contributed by atoms with Crippen molar-refractivity contribution in [2.45, 2.75) is 26.0 Å². The average molecular weight is 313 g/mol. The van der Waals surface area contributed by atoms with Crippen LogP contribution in [0.3, 0.4) is 0 Å². The highest BCUT2D eigenvalue weighted by molar-refractivity contribution is 5.81. The number of nitrogens with zero attached hydrogens (tertiary/aromatic N) is 5. The summed E-state index contributed by atoms with van der Waals surface area (Å²) in [6.45, 7) is 4.08. The summed E-state index contributed by atoms with van der Waals surface area (Å²) in [4.78, 5) is 14.7. The number of aliphatic hydroxyl groups is 1. The zero-order chi connectivity index (χ0) is 16.1. The van der Waals surface area contributed by atoms with Crippen molar-refractivity contribution in [3.05, 3.63) is 39.9 Å². The second kappa shape index (κ2) is 5.14. The Bertz CT molecular complexity index is 958. The van der Waals surface area contributed by atoms with Crippen molar-refractivity contribution in [2.24, 2.45) is 7.05 Å². The highest BCUT2D eigenvalue weighted by Gasteiger charge is 2.23. The van der Waals surface area contributed by atoms with Gasteiger partial charge in [0, 0.05) is 20.1 Å². The van der Waals surface area contributed by atoms with Gasteiger partial charge in [0.15, 0.2) is 5.82 Å². The van der Waals surface area contributed by atoms with Crippen molar-refractivity contribution < 1.29 is 5.11 Å². The molecule has 1 saturated heterocycles. The van der Waals surface area contributed by atoms with E-state index in [1.54, 1.807) is 7.05 Å². The van der Waals surface area contributed by atoms with E-state index in [0.717, 1.165) is 29.9 Å². The highest BCUT2D eigenvalue weighted by atomic mass is 16.3. The van der Waals surface area contributed by atoms with Gasteiger partial charge >= 0.3 is 0 Å². The Labute approximate surface area is 132 Å². The van der Waals surface area contributed by atoms with Crippen molar-refractivity contribution >= 4 is 16.7 Å². The molecule has 3 heterocycles. The molecule has 120 valence electrons. The normalized spacial score (nSPS) is 19.2. The molecule has 1 fully saturated rings. The molecule has 3 aromatic rings. The number of fused-ring (bicyclic) bond motifs is 3. The van der Waals surface area contributed by atoms with Gasteiger partial charge in [-0.05, 0) is 25.5 Å². The quantitative estimate of drug-likeness (QED) is 0.744. The van der Waals surface area contributed by atoms with E-state index in [4.69, 9.17) is 0 Å². The third-order valence-electron chi connectivity index (χ3n) is 4.55. The Kier molecular flexibility index (Phi) is 3.21. The summed E-state index contributed by atoms with van der Waals surface area (Å²) in [5.74, 6) is 1.33. The molecular formula is C16H19N5O2. The van der Waals surface area contributed by atoms with Gasteiger partial charge in [0.1, 0.15) is 0 Å². The van der Waals surface area contributed by atoms with Crippen LogP contribution in [0, 0.1) is 6.92 Å². The van der Waals surface area contributed by atoms with Crippen LogP contribution in [0.2, 0.25) is 0 Å². The Morgan fingerprint density at radius 2 is 2.17 bits per heavy atom. The highest BCUT2D eigenvalue weighted by Crippen LogP contribution is 2.18. The summed E-state index contributed by atoms with van der Waals surface area (Å²) in [6, 6.07) is 5.84. The Morgan fingerprint density at radius 3 is 2.91 bits per heavy atom. The van der Waals surface area contributed by atoms with Crippen LogP contribution in [0.4, 0.5) is 0 Å². The first-order valence-electron chi connectivity index (χ1n) is 7.78. The first kappa shape index (κ1) is 14.3. The molecule has 7 nitrogen and oxygen atoms in total. The standard InChI is InChI=1S/C16H19N5O2/c1-10-3-4-13-12(7-10)15(23)19(2)16-18-17-14(21(13)16)9-20-6-5-11(22)8-20/h3-4,7,11,22H,5-6,8-9H2,1-2H3/t11-/m0/s1. The lowest BCUT2D eigenvalue weighted by molar-refractivity contribution is 0.174. The predicted molar refractivity (Wildman–Crippen MR) is 86.4 cm³/mol. The molecule has 0 bridgehead atoms. The second-order valence-electron chi connectivity index (χ2n) is 6.31. The van der Waals surface area contributed by atoms with E-state index in [0.29, 0.717) is 24.3 Å². The molecular weight excluding hydrogens is 294 g/mol. The van der Waals surface area contributed by atoms with E-state index in [9.17, 15) is 9.90 Å². The van der Waals surface area contributed by atoms with Crippen molar-refractivity contribution in [3.8, 4) is 0 Å². The number of hydrogen-bond donors (Lipinski definition) is 1. The number of aryl methyl sites for hydroxylation is 2. The largest absolute Gasteiger partial charge is 0.392 e. The Balaban J connectivity index is 1.93. The van der Waals surface area contributed by atoms with Gasteiger partial charge < -0.3 is 5.11 Å². The fraction of sp³-hybridized carbons (Fsp3) is 0.438. The van der Waals surface area contributed by atoms with Crippen molar-refractivity contribution in [2.75, 3.05) is 13.1 Å². The summed E-state index contributed by atoms with van der Waals surface area (Å²) < 4.78 is 3.48. The molecule has 2 aromatic heterocycles. The lowest BCUT2D eigenvalue weighted by atomic mass is 10.1. The van der Waals surface area contributed by atoms with Crippen LogP contribution in [-0.2, 0) is 13.6 Å². The number of benzene rings is 1. The van der Waals surface area contributed by atoms with E-state index in [1.807, 2.05) is 29.5 Å². The van der Waals surface area contributed by atoms with Crippen molar-refractivity contribution in [1.82, 2.24) is 24.1 Å². The average Bonchev–Trinajstić information content (AvgIpc) is 3.12. The number of likely N-dealkylation sites (tertiary alicyclic amines) is 1. The second-order valence-corrected chi connectivity index (χ2v) is 6.31. The first-order chi connectivity index (χ1) is 11.0. The van der Waals surface area contributed by atoms with Gasteiger partial charge in [-0.3, -0.25) is 18.7 Å². The van der Waals surface area contributed by atoms with Crippen LogP contribution < -0.4 is 5.56 Å². The monoisotopic (exact) mass is 313 g/mol. The van der Waals surface area contributed by atoms with Crippen molar-refractivity contribution in [1.29, 1.82) is 0 Å². The molecule has 0 unspecified atom stereocenters. The molecule has 1 atom stereocenters. The van der Waals surface area contributed by atoms with Gasteiger partial charge in [-0.2, -0.15) is 0 Å². The molecule has 0 spiro atoms. The number of hydrogen-bond acceptors (Lipinski definition) is 5. The molecule has 1 aromatic carbocycles. The molecule has 7 heteroatoms. The SMILES string of the molecule is Cc1ccc2c(c1)c(=O)n(C)c1nnc(CN3CC[C@H](O)C3)n21. The van der Waals surface area contributed by atoms with Crippen LogP contribution >= 0.6 is 0 Å². The molecule has 1 aliphatic rings. The molecule has 23 heavy (non-hydrogen) atoms. The third-order valence-corrected chi connectivity index (χ3v) is 4.55. The maximum absolute atomic E-state index is 12.5. The summed E-state index contributed by atoms with van der Waals surface area (Å²) in [5, 5.41) is 18.9. The number of rotatable bonds is 2. The minimum Gasteiger partial charge on any atom is -0.392 e. The summed E-state index contributed by atoms with van der Waals surface area (Å²) >= 11 is 0. The minimum atomic E-state index is -0.266. The third kappa shape index (κ3) is 2.24. The molecule has 1 N–H and O–H groups in total. The number of β-amino-alcohol motifs (C(OH)–C–C–N with tert-alkyl or cyclic N) is 1. The van der Waals surface area contributed by atoms with Gasteiger partial charge in [0.2, 0.25) is 5.78 Å². The van der Waals surface area contributed by atoms with E-state index in [-0.39, 0.29) is 11.7 Å².